The van der Waals surface area contributed by atoms with Gasteiger partial charge in [0.15, 0.2) is 5.82 Å². The van der Waals surface area contributed by atoms with E-state index in [-0.39, 0.29) is 5.25 Å². The van der Waals surface area contributed by atoms with Crippen LogP contribution in [0, 0.1) is 0 Å². The van der Waals surface area contributed by atoms with Gasteiger partial charge in [-0.1, -0.05) is 12.8 Å². The van der Waals surface area contributed by atoms with Gasteiger partial charge in [-0.15, -0.1) is 0 Å². The third-order valence-electron chi connectivity index (χ3n) is 5.17. The molecule has 1 aromatic carbocycles. The minimum Gasteiger partial charge on any atom is -0.301 e. The summed E-state index contributed by atoms with van der Waals surface area (Å²) in [5.74, 6) is 0.746. The van der Waals surface area contributed by atoms with Gasteiger partial charge in [-0.25, -0.2) is 9.97 Å². The summed E-state index contributed by atoms with van der Waals surface area (Å²) < 4.78 is 14.8. The molecule has 0 bridgehead atoms. The van der Waals surface area contributed by atoms with Crippen LogP contribution in [0.5, 0.6) is 0 Å². The van der Waals surface area contributed by atoms with Crippen LogP contribution in [-0.4, -0.2) is 34.2 Å². The molecular formula is C20H19N5OS. The third-order valence-corrected chi connectivity index (χ3v) is 6.94. The van der Waals surface area contributed by atoms with Crippen LogP contribution in [0.25, 0.3) is 28.1 Å². The molecule has 0 spiro atoms. The van der Waals surface area contributed by atoms with Crippen LogP contribution in [0.15, 0.2) is 60.0 Å². The van der Waals surface area contributed by atoms with Gasteiger partial charge >= 0.3 is 0 Å². The molecule has 0 amide bonds. The average molecular weight is 377 g/mol. The number of rotatable bonds is 4. The van der Waals surface area contributed by atoms with Crippen molar-refractivity contribution in [2.75, 3.05) is 0 Å². The summed E-state index contributed by atoms with van der Waals surface area (Å²) in [4.78, 5) is 9.64. The number of fused-ring (bicyclic) bond motifs is 1. The van der Waals surface area contributed by atoms with Crippen molar-refractivity contribution < 1.29 is 4.21 Å². The van der Waals surface area contributed by atoms with Crippen molar-refractivity contribution >= 4 is 21.8 Å². The zero-order valence-electron chi connectivity index (χ0n) is 14.7. The fourth-order valence-corrected chi connectivity index (χ4v) is 5.29. The van der Waals surface area contributed by atoms with Gasteiger partial charge < -0.3 is 4.57 Å². The predicted octanol–water partition coefficient (Wildman–Crippen LogP) is 3.86. The first-order valence-electron chi connectivity index (χ1n) is 9.13. The van der Waals surface area contributed by atoms with Crippen LogP contribution in [0.3, 0.4) is 0 Å². The number of pyridine rings is 1. The summed E-state index contributed by atoms with van der Waals surface area (Å²) in [6.07, 6.45) is 9.77. The summed E-state index contributed by atoms with van der Waals surface area (Å²) in [5.41, 5.74) is 2.87. The number of H-pyrrole nitrogens is 1. The molecule has 1 N–H and O–H groups in total. The molecule has 0 aliphatic heterocycles. The van der Waals surface area contributed by atoms with Crippen molar-refractivity contribution in [1.82, 2.24) is 24.7 Å². The van der Waals surface area contributed by atoms with Gasteiger partial charge in [-0.05, 0) is 49.2 Å². The van der Waals surface area contributed by atoms with Crippen LogP contribution < -0.4 is 0 Å². The van der Waals surface area contributed by atoms with E-state index in [4.69, 9.17) is 0 Å². The molecule has 6 nitrogen and oxygen atoms in total. The van der Waals surface area contributed by atoms with Gasteiger partial charge in [0, 0.05) is 34.3 Å². The molecule has 136 valence electrons. The third kappa shape index (κ3) is 2.98. The van der Waals surface area contributed by atoms with Gasteiger partial charge in [0.05, 0.1) is 15.7 Å². The second-order valence-electron chi connectivity index (χ2n) is 6.85. The molecule has 3 aromatic heterocycles. The number of hydrogen-bond acceptors (Lipinski definition) is 4. The van der Waals surface area contributed by atoms with Crippen molar-refractivity contribution in [3.8, 4) is 17.1 Å². The molecule has 5 rings (SSSR count). The summed E-state index contributed by atoms with van der Waals surface area (Å²) in [7, 11) is -0.958. The Morgan fingerprint density at radius 2 is 1.89 bits per heavy atom. The first kappa shape index (κ1) is 16.4. The maximum absolute atomic E-state index is 12.8. The number of benzene rings is 1. The summed E-state index contributed by atoms with van der Waals surface area (Å²) in [6, 6.07) is 12.1. The maximum Gasteiger partial charge on any atom is 0.155 e. The van der Waals surface area contributed by atoms with Crippen molar-refractivity contribution in [2.24, 2.45) is 0 Å². The number of aromatic amines is 1. The highest BCUT2D eigenvalue weighted by Crippen LogP contribution is 2.28. The minimum absolute atomic E-state index is 0.287. The smallest absolute Gasteiger partial charge is 0.155 e. The number of aromatic nitrogens is 5. The van der Waals surface area contributed by atoms with Crippen LogP contribution in [0.2, 0.25) is 0 Å². The van der Waals surface area contributed by atoms with Gasteiger partial charge in [0.25, 0.3) is 0 Å². The van der Waals surface area contributed by atoms with Gasteiger partial charge in [-0.2, -0.15) is 5.10 Å². The highest BCUT2D eigenvalue weighted by molar-refractivity contribution is 7.85. The van der Waals surface area contributed by atoms with E-state index in [0.717, 1.165) is 45.8 Å². The summed E-state index contributed by atoms with van der Waals surface area (Å²) >= 11 is 0. The molecule has 3 heterocycles. The molecule has 1 saturated carbocycles. The molecule has 1 atom stereocenters. The Morgan fingerprint density at radius 1 is 1.07 bits per heavy atom. The van der Waals surface area contributed by atoms with Crippen LogP contribution in [-0.2, 0) is 10.8 Å². The van der Waals surface area contributed by atoms with Crippen LogP contribution in [0.4, 0.5) is 0 Å². The van der Waals surface area contributed by atoms with E-state index in [1.165, 1.54) is 19.2 Å². The maximum atomic E-state index is 12.8. The van der Waals surface area contributed by atoms with E-state index in [9.17, 15) is 4.21 Å². The second kappa shape index (κ2) is 6.74. The second-order valence-corrected chi connectivity index (χ2v) is 8.59. The normalized spacial score (nSPS) is 16.1. The zero-order valence-corrected chi connectivity index (χ0v) is 15.5. The number of hydrogen-bond donors (Lipinski definition) is 1. The molecular weight excluding hydrogens is 358 g/mol. The standard InChI is InChI=1S/C20H19N5OS/c26-27(17-3-1-2-4-17)18-11-15-9-10-25(20(15)21-12-18)16-7-5-14(6-8-16)19-22-13-23-24-19/h5-13,17H,1-4H2,(H,22,23,24). The van der Waals surface area contributed by atoms with Crippen molar-refractivity contribution in [2.45, 2.75) is 35.8 Å². The quantitative estimate of drug-likeness (QED) is 0.586. The predicted molar refractivity (Wildman–Crippen MR) is 105 cm³/mol. The highest BCUT2D eigenvalue weighted by atomic mass is 32.2. The van der Waals surface area contributed by atoms with Gasteiger partial charge in [0.1, 0.15) is 12.0 Å². The summed E-state index contributed by atoms with van der Waals surface area (Å²) in [5, 5.41) is 8.05. The highest BCUT2D eigenvalue weighted by Gasteiger charge is 2.23. The Balaban J connectivity index is 1.46. The molecule has 7 heteroatoms. The molecule has 4 aromatic rings. The SMILES string of the molecule is O=S(c1cnc2c(ccn2-c2ccc(-c3ncn[nH]3)cc2)c1)C1CCCC1. The number of nitrogens with zero attached hydrogens (tertiary/aromatic N) is 4. The Bertz CT molecular complexity index is 1100. The van der Waals surface area contributed by atoms with E-state index < -0.39 is 10.8 Å². The summed E-state index contributed by atoms with van der Waals surface area (Å²) in [6.45, 7) is 0. The fraction of sp³-hybridized carbons (Fsp3) is 0.250. The topological polar surface area (TPSA) is 76.5 Å². The molecule has 1 fully saturated rings. The lowest BCUT2D eigenvalue weighted by molar-refractivity contribution is 0.669. The Labute approximate surface area is 159 Å². The lowest BCUT2D eigenvalue weighted by Gasteiger charge is -2.09. The van der Waals surface area contributed by atoms with Crippen molar-refractivity contribution in [3.05, 3.63) is 55.1 Å². The molecule has 0 radical (unpaired) electrons. The van der Waals surface area contributed by atoms with E-state index in [0.29, 0.717) is 0 Å². The minimum atomic E-state index is -0.958. The van der Waals surface area contributed by atoms with Crippen molar-refractivity contribution in [3.63, 3.8) is 0 Å². The zero-order chi connectivity index (χ0) is 18.2. The average Bonchev–Trinajstić information content (AvgIpc) is 3.49. The van der Waals surface area contributed by atoms with Crippen molar-refractivity contribution in [1.29, 1.82) is 0 Å². The number of nitrogens with one attached hydrogen (secondary N) is 1. The van der Waals surface area contributed by atoms with Gasteiger partial charge in [-0.3, -0.25) is 9.31 Å². The monoisotopic (exact) mass is 377 g/mol. The Hall–Kier alpha value is -2.80. The first-order valence-corrected chi connectivity index (χ1v) is 10.3. The molecule has 1 aliphatic rings. The Morgan fingerprint density at radius 3 is 2.63 bits per heavy atom. The largest absolute Gasteiger partial charge is 0.301 e. The van der Waals surface area contributed by atoms with Gasteiger partial charge in [0.2, 0.25) is 0 Å². The molecule has 1 aliphatic carbocycles. The van der Waals surface area contributed by atoms with E-state index in [1.54, 1.807) is 6.20 Å². The first-order chi connectivity index (χ1) is 13.3. The Kier molecular flexibility index (Phi) is 4.09. The van der Waals surface area contributed by atoms with E-state index in [1.807, 2.05) is 47.2 Å². The van der Waals surface area contributed by atoms with Crippen LogP contribution >= 0.6 is 0 Å². The lowest BCUT2D eigenvalue weighted by atomic mass is 10.2. The van der Waals surface area contributed by atoms with Crippen LogP contribution in [0.1, 0.15) is 25.7 Å². The molecule has 1 unspecified atom stereocenters. The molecule has 0 saturated heterocycles. The van der Waals surface area contributed by atoms with E-state index in [2.05, 4.69) is 20.2 Å². The van der Waals surface area contributed by atoms with E-state index >= 15 is 0 Å². The fourth-order valence-electron chi connectivity index (χ4n) is 3.74. The molecule has 27 heavy (non-hydrogen) atoms. The lowest BCUT2D eigenvalue weighted by Crippen LogP contribution is -2.10.